The van der Waals surface area contributed by atoms with E-state index in [4.69, 9.17) is 4.74 Å². The van der Waals surface area contributed by atoms with E-state index in [2.05, 4.69) is 20.7 Å². The summed E-state index contributed by atoms with van der Waals surface area (Å²) in [5, 5.41) is 0. The molecule has 0 unspecified atom stereocenters. The molecule has 8 heteroatoms. The van der Waals surface area contributed by atoms with Crippen LogP contribution in [-0.4, -0.2) is 45.1 Å². The predicted octanol–water partition coefficient (Wildman–Crippen LogP) is 2.35. The maximum absolute atomic E-state index is 12.3. The van der Waals surface area contributed by atoms with Gasteiger partial charge in [0.15, 0.2) is 0 Å². The molecule has 0 spiro atoms. The van der Waals surface area contributed by atoms with Crippen molar-refractivity contribution in [1.29, 1.82) is 0 Å². The molecule has 122 valence electrons. The third kappa shape index (κ3) is 4.44. The van der Waals surface area contributed by atoms with Crippen LogP contribution in [0.2, 0.25) is 0 Å². The molecule has 0 aromatic heterocycles. The van der Waals surface area contributed by atoms with E-state index in [1.165, 1.54) is 0 Å². The Bertz CT molecular complexity index is 627. The monoisotopic (exact) mass is 390 g/mol. The molecular weight excluding hydrogens is 372 g/mol. The summed E-state index contributed by atoms with van der Waals surface area (Å²) >= 11 is 3.27. The Kier molecular flexibility index (Phi) is 5.82. The quantitative estimate of drug-likeness (QED) is 0.855. The number of nitrogens with zero attached hydrogens (tertiary/aromatic N) is 1. The minimum atomic E-state index is -3.55. The molecule has 1 amide bonds. The molecule has 0 aliphatic carbocycles. The average molecular weight is 391 g/mol. The number of carbonyl (C=O) groups excluding carboxylic acids is 1. The first-order valence-corrected chi connectivity index (χ1v) is 9.39. The zero-order valence-electron chi connectivity index (χ0n) is 12.3. The highest BCUT2D eigenvalue weighted by atomic mass is 79.9. The topological polar surface area (TPSA) is 75.7 Å². The van der Waals surface area contributed by atoms with Crippen molar-refractivity contribution >= 4 is 32.0 Å². The summed E-state index contributed by atoms with van der Waals surface area (Å²) in [6.45, 7) is 3.08. The van der Waals surface area contributed by atoms with Gasteiger partial charge in [-0.15, -0.1) is 0 Å². The van der Waals surface area contributed by atoms with Crippen LogP contribution in [0.15, 0.2) is 33.6 Å². The Morgan fingerprint density at radius 2 is 2.09 bits per heavy atom. The Hall–Kier alpha value is -1.12. The van der Waals surface area contributed by atoms with Gasteiger partial charge in [0.2, 0.25) is 10.0 Å². The van der Waals surface area contributed by atoms with Crippen molar-refractivity contribution < 1.29 is 17.9 Å². The number of ether oxygens (including phenoxy) is 1. The van der Waals surface area contributed by atoms with Crippen molar-refractivity contribution in [3.8, 4) is 0 Å². The Balaban J connectivity index is 1.94. The first-order chi connectivity index (χ1) is 10.4. The summed E-state index contributed by atoms with van der Waals surface area (Å²) in [4.78, 5) is 13.4. The standard InChI is InChI=1S/C14H19BrN2O4S/c1-2-21-14(18)17-8-6-12(7-9-17)16-22(19,20)13-5-3-4-11(15)10-13/h3-5,10,12,16H,2,6-9H2,1H3. The maximum Gasteiger partial charge on any atom is 0.409 e. The van der Waals surface area contributed by atoms with Gasteiger partial charge in [-0.3, -0.25) is 0 Å². The molecule has 0 saturated carbocycles. The average Bonchev–Trinajstić information content (AvgIpc) is 2.48. The smallest absolute Gasteiger partial charge is 0.409 e. The van der Waals surface area contributed by atoms with Crippen molar-refractivity contribution in [3.63, 3.8) is 0 Å². The lowest BCUT2D eigenvalue weighted by molar-refractivity contribution is 0.0966. The molecule has 22 heavy (non-hydrogen) atoms. The fraction of sp³-hybridized carbons (Fsp3) is 0.500. The number of nitrogens with one attached hydrogen (secondary N) is 1. The lowest BCUT2D eigenvalue weighted by Gasteiger charge is -2.31. The minimum Gasteiger partial charge on any atom is -0.450 e. The molecule has 0 bridgehead atoms. The molecule has 1 aliphatic rings. The SMILES string of the molecule is CCOC(=O)N1CCC(NS(=O)(=O)c2cccc(Br)c2)CC1. The first kappa shape index (κ1) is 17.2. The number of piperidine rings is 1. The number of sulfonamides is 1. The summed E-state index contributed by atoms with van der Waals surface area (Å²) in [6, 6.07) is 6.41. The first-order valence-electron chi connectivity index (χ1n) is 7.12. The fourth-order valence-corrected chi connectivity index (χ4v) is 4.22. The van der Waals surface area contributed by atoms with E-state index < -0.39 is 10.0 Å². The molecule has 0 radical (unpaired) electrons. The number of likely N-dealkylation sites (tertiary alicyclic amines) is 1. The van der Waals surface area contributed by atoms with Crippen molar-refractivity contribution in [2.45, 2.75) is 30.7 Å². The van der Waals surface area contributed by atoms with Crippen molar-refractivity contribution in [1.82, 2.24) is 9.62 Å². The van der Waals surface area contributed by atoms with Crippen LogP contribution in [0.5, 0.6) is 0 Å². The number of amides is 1. The number of halogens is 1. The summed E-state index contributed by atoms with van der Waals surface area (Å²) in [6.07, 6.45) is 0.814. The van der Waals surface area contributed by atoms with Crippen molar-refractivity contribution in [2.24, 2.45) is 0 Å². The van der Waals surface area contributed by atoms with Gasteiger partial charge in [0.05, 0.1) is 11.5 Å². The maximum atomic E-state index is 12.3. The van der Waals surface area contributed by atoms with Gasteiger partial charge in [0, 0.05) is 23.6 Å². The van der Waals surface area contributed by atoms with Gasteiger partial charge < -0.3 is 9.64 Å². The van der Waals surface area contributed by atoms with Crippen LogP contribution in [-0.2, 0) is 14.8 Å². The van der Waals surface area contributed by atoms with Crippen LogP contribution in [0, 0.1) is 0 Å². The second-order valence-corrected chi connectivity index (χ2v) is 7.67. The molecule has 1 aromatic carbocycles. The van der Waals surface area contributed by atoms with Gasteiger partial charge in [-0.2, -0.15) is 0 Å². The van der Waals surface area contributed by atoms with Crippen molar-refractivity contribution in [3.05, 3.63) is 28.7 Å². The molecule has 1 aliphatic heterocycles. The third-order valence-corrected chi connectivity index (χ3v) is 5.46. The number of benzene rings is 1. The van der Waals surface area contributed by atoms with E-state index in [-0.39, 0.29) is 17.0 Å². The fourth-order valence-electron chi connectivity index (χ4n) is 2.32. The van der Waals surface area contributed by atoms with Crippen molar-refractivity contribution in [2.75, 3.05) is 19.7 Å². The number of carbonyl (C=O) groups is 1. The van der Waals surface area contributed by atoms with E-state index in [9.17, 15) is 13.2 Å². The largest absolute Gasteiger partial charge is 0.450 e. The van der Waals surface area contributed by atoms with Crippen LogP contribution in [0.1, 0.15) is 19.8 Å². The number of hydrogen-bond donors (Lipinski definition) is 1. The van der Waals surface area contributed by atoms with Gasteiger partial charge >= 0.3 is 6.09 Å². The third-order valence-electron chi connectivity index (χ3n) is 3.45. The van der Waals surface area contributed by atoms with Crippen LogP contribution in [0.4, 0.5) is 4.79 Å². The van der Waals surface area contributed by atoms with Crippen LogP contribution >= 0.6 is 15.9 Å². The van der Waals surface area contributed by atoms with Gasteiger partial charge in [0.25, 0.3) is 0 Å². The lowest BCUT2D eigenvalue weighted by atomic mass is 10.1. The van der Waals surface area contributed by atoms with E-state index >= 15 is 0 Å². The number of hydrogen-bond acceptors (Lipinski definition) is 4. The molecule has 0 atom stereocenters. The zero-order chi connectivity index (χ0) is 16.2. The zero-order valence-corrected chi connectivity index (χ0v) is 14.7. The molecule has 1 fully saturated rings. The van der Waals surface area contributed by atoms with Gasteiger partial charge in [-0.25, -0.2) is 17.9 Å². The highest BCUT2D eigenvalue weighted by Gasteiger charge is 2.27. The predicted molar refractivity (Wildman–Crippen MR) is 86.1 cm³/mol. The summed E-state index contributed by atoms with van der Waals surface area (Å²) < 4.78 is 33.0. The second kappa shape index (κ2) is 7.43. The molecule has 1 aromatic rings. The summed E-state index contributed by atoms with van der Waals surface area (Å²) in [5.74, 6) is 0. The Morgan fingerprint density at radius 1 is 1.41 bits per heavy atom. The Morgan fingerprint density at radius 3 is 2.68 bits per heavy atom. The van der Waals surface area contributed by atoms with Gasteiger partial charge in [-0.05, 0) is 38.0 Å². The summed E-state index contributed by atoms with van der Waals surface area (Å²) in [7, 11) is -3.55. The van der Waals surface area contributed by atoms with Gasteiger partial charge in [-0.1, -0.05) is 22.0 Å². The van der Waals surface area contributed by atoms with Gasteiger partial charge in [0.1, 0.15) is 0 Å². The molecular formula is C14H19BrN2O4S. The minimum absolute atomic E-state index is 0.172. The van der Waals surface area contributed by atoms with E-state index in [1.807, 2.05) is 0 Å². The van der Waals surface area contributed by atoms with E-state index in [0.717, 1.165) is 0 Å². The molecule has 2 rings (SSSR count). The lowest BCUT2D eigenvalue weighted by Crippen LogP contribution is -2.46. The second-order valence-electron chi connectivity index (χ2n) is 5.04. The molecule has 1 saturated heterocycles. The Labute approximate surface area is 139 Å². The highest BCUT2D eigenvalue weighted by molar-refractivity contribution is 9.10. The number of rotatable bonds is 4. The van der Waals surface area contributed by atoms with Crippen LogP contribution in [0.25, 0.3) is 0 Å². The highest BCUT2D eigenvalue weighted by Crippen LogP contribution is 2.18. The van der Waals surface area contributed by atoms with E-state index in [1.54, 1.807) is 36.1 Å². The molecule has 1 heterocycles. The van der Waals surface area contributed by atoms with Crippen LogP contribution in [0.3, 0.4) is 0 Å². The van der Waals surface area contributed by atoms with Crippen LogP contribution < -0.4 is 4.72 Å². The van der Waals surface area contributed by atoms with E-state index in [0.29, 0.717) is 37.0 Å². The molecule has 6 nitrogen and oxygen atoms in total. The summed E-state index contributed by atoms with van der Waals surface area (Å²) in [5.41, 5.74) is 0. The normalized spacial score (nSPS) is 16.5. The molecule has 1 N–H and O–H groups in total.